The maximum absolute atomic E-state index is 13.2. The van der Waals surface area contributed by atoms with E-state index in [9.17, 15) is 9.59 Å². The molecule has 0 bridgehead atoms. The molecule has 10 heteroatoms. The number of rotatable bonds is 9. The molecule has 3 rings (SSSR count). The van der Waals surface area contributed by atoms with Gasteiger partial charge in [-0.15, -0.1) is 5.10 Å². The Morgan fingerprint density at radius 1 is 1.11 bits per heavy atom. The number of benzene rings is 1. The SMILES string of the molecule is CCN(CC)C(=O)c1cc(C)c2nn(CC(=O)c3cc(OCCO)cc(C(C)(C)C)c3)c(=N)n2n1. The number of amides is 1. The van der Waals surface area contributed by atoms with Crippen molar-refractivity contribution in [1.82, 2.24) is 24.3 Å². The standard InChI is InChI=1S/C25H34N6O4/c1-7-29(8-2)23(34)20-11-16(3)22-28-30(24(26)31(22)27-20)15-21(33)17-12-18(25(4,5)6)14-19(13-17)35-10-9-32/h11-14,26,32H,7-10,15H2,1-6H3. The van der Waals surface area contributed by atoms with Gasteiger partial charge in [-0.1, -0.05) is 20.8 Å². The number of hydrogen-bond acceptors (Lipinski definition) is 7. The van der Waals surface area contributed by atoms with E-state index < -0.39 is 0 Å². The first-order valence-electron chi connectivity index (χ1n) is 11.7. The van der Waals surface area contributed by atoms with Gasteiger partial charge in [-0.05, 0) is 61.6 Å². The van der Waals surface area contributed by atoms with Gasteiger partial charge in [0.25, 0.3) is 5.91 Å². The second-order valence-electron chi connectivity index (χ2n) is 9.40. The van der Waals surface area contributed by atoms with E-state index in [-0.39, 0.29) is 48.2 Å². The Morgan fingerprint density at radius 2 is 1.80 bits per heavy atom. The summed E-state index contributed by atoms with van der Waals surface area (Å²) in [5.74, 6) is 0.0343. The lowest BCUT2D eigenvalue weighted by Crippen LogP contribution is -2.32. The molecule has 0 radical (unpaired) electrons. The van der Waals surface area contributed by atoms with Crippen molar-refractivity contribution in [3.05, 3.63) is 52.3 Å². The largest absolute Gasteiger partial charge is 0.491 e. The summed E-state index contributed by atoms with van der Waals surface area (Å²) in [7, 11) is 0. The third-order valence-corrected chi connectivity index (χ3v) is 5.79. The van der Waals surface area contributed by atoms with E-state index in [4.69, 9.17) is 15.3 Å². The second-order valence-corrected chi connectivity index (χ2v) is 9.40. The van der Waals surface area contributed by atoms with Crippen LogP contribution < -0.4 is 10.4 Å². The number of nitrogens with one attached hydrogen (secondary N) is 1. The first kappa shape index (κ1) is 26.1. The predicted octanol–water partition coefficient (Wildman–Crippen LogP) is 2.35. The van der Waals surface area contributed by atoms with Gasteiger partial charge in [0.1, 0.15) is 24.6 Å². The number of aromatic nitrogens is 4. The Bertz CT molecular complexity index is 1300. The highest BCUT2D eigenvalue weighted by Crippen LogP contribution is 2.28. The van der Waals surface area contributed by atoms with Crippen LogP contribution in [-0.4, -0.2) is 67.4 Å². The highest BCUT2D eigenvalue weighted by atomic mass is 16.5. The molecule has 0 spiro atoms. The molecule has 2 aromatic heterocycles. The van der Waals surface area contributed by atoms with Crippen molar-refractivity contribution in [3.63, 3.8) is 0 Å². The molecule has 0 unspecified atom stereocenters. The molecule has 0 fully saturated rings. The molecule has 35 heavy (non-hydrogen) atoms. The summed E-state index contributed by atoms with van der Waals surface area (Å²) >= 11 is 0. The second kappa shape index (κ2) is 10.4. The summed E-state index contributed by atoms with van der Waals surface area (Å²) in [6, 6.07) is 6.98. The summed E-state index contributed by atoms with van der Waals surface area (Å²) < 4.78 is 8.15. The number of Topliss-reactive ketones (excluding diaryl/α,β-unsaturated/α-hetero) is 1. The normalized spacial score (nSPS) is 11.6. The molecule has 2 N–H and O–H groups in total. The number of fused-ring (bicyclic) bond motifs is 1. The van der Waals surface area contributed by atoms with Crippen LogP contribution in [0, 0.1) is 12.3 Å². The highest BCUT2D eigenvalue weighted by molar-refractivity contribution is 5.96. The average Bonchev–Trinajstić information content (AvgIpc) is 3.13. The molecule has 1 amide bonds. The number of carbonyl (C=O) groups is 2. The quantitative estimate of drug-likeness (QED) is 0.451. The number of aliphatic hydroxyl groups excluding tert-OH is 1. The highest BCUT2D eigenvalue weighted by Gasteiger charge is 2.21. The lowest BCUT2D eigenvalue weighted by molar-refractivity contribution is 0.0765. The lowest BCUT2D eigenvalue weighted by atomic mass is 9.85. The molecule has 0 saturated carbocycles. The monoisotopic (exact) mass is 482 g/mol. The third-order valence-electron chi connectivity index (χ3n) is 5.79. The number of aryl methyl sites for hydroxylation is 1. The van der Waals surface area contributed by atoms with Gasteiger partial charge >= 0.3 is 0 Å². The number of carbonyl (C=O) groups excluding carboxylic acids is 2. The minimum absolute atomic E-state index is 0.102. The lowest BCUT2D eigenvalue weighted by Gasteiger charge is -2.21. The van der Waals surface area contributed by atoms with Crippen molar-refractivity contribution in [2.75, 3.05) is 26.3 Å². The van der Waals surface area contributed by atoms with Gasteiger partial charge in [-0.3, -0.25) is 15.0 Å². The molecule has 0 aliphatic carbocycles. The zero-order valence-corrected chi connectivity index (χ0v) is 21.3. The third kappa shape index (κ3) is 5.59. The van der Waals surface area contributed by atoms with Gasteiger partial charge in [0.05, 0.1) is 6.61 Å². The van der Waals surface area contributed by atoms with Gasteiger partial charge in [-0.2, -0.15) is 9.61 Å². The summed E-state index contributed by atoms with van der Waals surface area (Å²) in [5, 5.41) is 26.4. The number of nitrogens with zero attached hydrogens (tertiary/aromatic N) is 5. The van der Waals surface area contributed by atoms with Crippen molar-refractivity contribution in [2.45, 2.75) is 53.5 Å². The van der Waals surface area contributed by atoms with E-state index in [0.29, 0.717) is 35.6 Å². The van der Waals surface area contributed by atoms with Gasteiger partial charge < -0.3 is 14.7 Å². The Hall–Kier alpha value is -3.53. The van der Waals surface area contributed by atoms with Crippen molar-refractivity contribution in [2.24, 2.45) is 0 Å². The fourth-order valence-electron chi connectivity index (χ4n) is 3.72. The average molecular weight is 483 g/mol. The van der Waals surface area contributed by atoms with Crippen molar-refractivity contribution in [3.8, 4) is 5.75 Å². The zero-order valence-electron chi connectivity index (χ0n) is 21.3. The Kier molecular flexibility index (Phi) is 7.74. The first-order valence-corrected chi connectivity index (χ1v) is 11.7. The van der Waals surface area contributed by atoms with Crippen LogP contribution in [0.2, 0.25) is 0 Å². The Balaban J connectivity index is 1.98. The summed E-state index contributed by atoms with van der Waals surface area (Å²) in [4.78, 5) is 27.7. The molecular formula is C25H34N6O4. The molecule has 10 nitrogen and oxygen atoms in total. The van der Waals surface area contributed by atoms with Gasteiger partial charge in [0.15, 0.2) is 11.4 Å². The molecule has 0 aliphatic rings. The van der Waals surface area contributed by atoms with E-state index >= 15 is 0 Å². The predicted molar refractivity (Wildman–Crippen MR) is 131 cm³/mol. The van der Waals surface area contributed by atoms with Gasteiger partial charge in [0.2, 0.25) is 5.62 Å². The summed E-state index contributed by atoms with van der Waals surface area (Å²) in [6.45, 7) is 12.6. The molecule has 3 aromatic rings. The van der Waals surface area contributed by atoms with Crippen LogP contribution in [0.1, 0.15) is 66.6 Å². The smallest absolute Gasteiger partial charge is 0.274 e. The molecule has 0 saturated heterocycles. The molecule has 0 aliphatic heterocycles. The van der Waals surface area contributed by atoms with Crippen molar-refractivity contribution >= 4 is 17.3 Å². The van der Waals surface area contributed by atoms with Gasteiger partial charge in [-0.25, -0.2) is 4.68 Å². The maximum Gasteiger partial charge on any atom is 0.274 e. The van der Waals surface area contributed by atoms with Crippen LogP contribution in [-0.2, 0) is 12.0 Å². The van der Waals surface area contributed by atoms with Crippen molar-refractivity contribution in [1.29, 1.82) is 5.41 Å². The van der Waals surface area contributed by atoms with Crippen LogP contribution in [0.25, 0.3) is 5.65 Å². The number of ether oxygens (including phenoxy) is 1. The van der Waals surface area contributed by atoms with E-state index in [2.05, 4.69) is 10.2 Å². The topological polar surface area (TPSA) is 126 Å². The number of ketones is 1. The van der Waals surface area contributed by atoms with E-state index in [1.54, 1.807) is 24.0 Å². The maximum atomic E-state index is 13.2. The fraction of sp³-hybridized carbons (Fsp3) is 0.480. The van der Waals surface area contributed by atoms with E-state index in [1.165, 1.54) is 9.20 Å². The first-order chi connectivity index (χ1) is 16.5. The van der Waals surface area contributed by atoms with Crippen molar-refractivity contribution < 1.29 is 19.4 Å². The minimum atomic E-state index is -0.246. The summed E-state index contributed by atoms with van der Waals surface area (Å²) in [5.41, 5.74) is 2.34. The van der Waals surface area contributed by atoms with Crippen LogP contribution in [0.3, 0.4) is 0 Å². The fourth-order valence-corrected chi connectivity index (χ4v) is 3.72. The van der Waals surface area contributed by atoms with E-state index in [0.717, 1.165) is 5.56 Å². The Labute approximate surface area is 204 Å². The van der Waals surface area contributed by atoms with E-state index in [1.807, 2.05) is 46.8 Å². The van der Waals surface area contributed by atoms with Crippen LogP contribution in [0.15, 0.2) is 24.3 Å². The van der Waals surface area contributed by atoms with Crippen LogP contribution >= 0.6 is 0 Å². The van der Waals surface area contributed by atoms with Crippen LogP contribution in [0.5, 0.6) is 5.75 Å². The molecule has 0 atom stereocenters. The molecule has 1 aromatic carbocycles. The number of aliphatic hydroxyl groups is 1. The van der Waals surface area contributed by atoms with Gasteiger partial charge in [0, 0.05) is 18.7 Å². The zero-order chi connectivity index (χ0) is 25.9. The number of hydrogen-bond donors (Lipinski definition) is 2. The van der Waals surface area contributed by atoms with Crippen LogP contribution in [0.4, 0.5) is 0 Å². The Morgan fingerprint density at radius 3 is 2.40 bits per heavy atom. The summed E-state index contributed by atoms with van der Waals surface area (Å²) in [6.07, 6.45) is 0. The molecule has 188 valence electrons. The minimum Gasteiger partial charge on any atom is -0.491 e. The molecular weight excluding hydrogens is 448 g/mol. The molecule has 2 heterocycles.